The molecular formula is C14H18N2O6S2. The number of carboxylic acids is 2. The Bertz CT molecular complexity index is 611. The minimum Gasteiger partial charge on any atom is -0.508 e. The second kappa shape index (κ2) is 10.1. The lowest BCUT2D eigenvalue weighted by molar-refractivity contribution is -0.138. The van der Waals surface area contributed by atoms with Crippen LogP contribution < -0.4 is 5.73 Å². The van der Waals surface area contributed by atoms with Crippen LogP contribution in [-0.2, 0) is 16.0 Å². The first-order chi connectivity index (χ1) is 11.3. The molecule has 10 heteroatoms. The molecule has 0 amide bonds. The maximum Gasteiger partial charge on any atom is 0.329 e. The number of aliphatic carboxylic acids is 2. The molecule has 1 rings (SSSR count). The summed E-state index contributed by atoms with van der Waals surface area (Å²) in [6, 6.07) is 2.05. The van der Waals surface area contributed by atoms with Crippen LogP contribution in [0.5, 0.6) is 11.5 Å². The Morgan fingerprint density at radius 3 is 2.46 bits per heavy atom. The number of aliphatic imine (C=N–C) groups is 1. The quantitative estimate of drug-likeness (QED) is 0.174. The van der Waals surface area contributed by atoms with Gasteiger partial charge < -0.3 is 26.2 Å². The summed E-state index contributed by atoms with van der Waals surface area (Å²) in [5.74, 6) is -1.93. The Kier molecular flexibility index (Phi) is 8.44. The van der Waals surface area contributed by atoms with Gasteiger partial charge in [0.2, 0.25) is 0 Å². The smallest absolute Gasteiger partial charge is 0.329 e. The van der Waals surface area contributed by atoms with Gasteiger partial charge >= 0.3 is 11.9 Å². The number of rotatable bonds is 10. The second-order valence-electron chi connectivity index (χ2n) is 4.72. The fourth-order valence-electron chi connectivity index (χ4n) is 1.50. The van der Waals surface area contributed by atoms with Crippen molar-refractivity contribution in [1.29, 1.82) is 0 Å². The van der Waals surface area contributed by atoms with Crippen LogP contribution in [0.2, 0.25) is 0 Å². The highest BCUT2D eigenvalue weighted by Crippen LogP contribution is 2.24. The lowest BCUT2D eigenvalue weighted by Gasteiger charge is -2.08. The van der Waals surface area contributed by atoms with E-state index in [2.05, 4.69) is 4.99 Å². The number of phenols is 2. The zero-order valence-corrected chi connectivity index (χ0v) is 14.2. The van der Waals surface area contributed by atoms with Gasteiger partial charge in [0.15, 0.2) is 6.04 Å². The number of carbonyl (C=O) groups is 2. The molecule has 0 spiro atoms. The van der Waals surface area contributed by atoms with Gasteiger partial charge in [-0.15, -0.1) is 0 Å². The molecule has 0 radical (unpaired) electrons. The molecule has 0 aliphatic rings. The molecule has 0 saturated carbocycles. The number of nitrogens with zero attached hydrogens (tertiary/aromatic N) is 1. The third-order valence-electron chi connectivity index (χ3n) is 2.82. The van der Waals surface area contributed by atoms with E-state index >= 15 is 0 Å². The molecule has 0 bridgehead atoms. The highest BCUT2D eigenvalue weighted by Gasteiger charge is 2.17. The molecule has 1 aromatic rings. The molecule has 6 N–H and O–H groups in total. The largest absolute Gasteiger partial charge is 0.508 e. The lowest BCUT2D eigenvalue weighted by Crippen LogP contribution is -2.32. The molecule has 132 valence electrons. The van der Waals surface area contributed by atoms with Gasteiger partial charge in [0, 0.05) is 29.7 Å². The van der Waals surface area contributed by atoms with Gasteiger partial charge in [0.05, 0.1) is 0 Å². The third-order valence-corrected chi connectivity index (χ3v) is 5.25. The predicted octanol–water partition coefficient (Wildman–Crippen LogP) is 0.958. The van der Waals surface area contributed by atoms with E-state index < -0.39 is 24.0 Å². The van der Waals surface area contributed by atoms with Crippen LogP contribution in [0.15, 0.2) is 23.2 Å². The first-order valence-corrected chi connectivity index (χ1v) is 9.28. The van der Waals surface area contributed by atoms with Crippen molar-refractivity contribution in [2.45, 2.75) is 18.5 Å². The Morgan fingerprint density at radius 2 is 1.83 bits per heavy atom. The number of phenolic OH excluding ortho intramolecular Hbond substituents is 2. The topological polar surface area (TPSA) is 153 Å². The van der Waals surface area contributed by atoms with Crippen LogP contribution in [0.1, 0.15) is 5.56 Å². The predicted molar refractivity (Wildman–Crippen MR) is 93.9 cm³/mol. The fourth-order valence-corrected chi connectivity index (χ4v) is 3.74. The zero-order chi connectivity index (χ0) is 18.1. The minimum absolute atomic E-state index is 0.00675. The van der Waals surface area contributed by atoms with Gasteiger partial charge in [-0.3, -0.25) is 9.79 Å². The summed E-state index contributed by atoms with van der Waals surface area (Å²) >= 11 is 0. The van der Waals surface area contributed by atoms with Crippen molar-refractivity contribution in [2.75, 3.05) is 11.5 Å². The lowest BCUT2D eigenvalue weighted by atomic mass is 10.1. The van der Waals surface area contributed by atoms with E-state index in [9.17, 15) is 19.8 Å². The van der Waals surface area contributed by atoms with E-state index in [1.54, 1.807) is 0 Å². The van der Waals surface area contributed by atoms with E-state index in [-0.39, 0.29) is 29.4 Å². The minimum atomic E-state index is -1.11. The normalized spacial score (nSPS) is 13.7. The summed E-state index contributed by atoms with van der Waals surface area (Å²) in [6.45, 7) is 0. The monoisotopic (exact) mass is 374 g/mol. The maximum absolute atomic E-state index is 11.2. The fraction of sp³-hybridized carbons (Fsp3) is 0.357. The van der Waals surface area contributed by atoms with E-state index in [1.807, 2.05) is 0 Å². The molecule has 0 aliphatic heterocycles. The standard InChI is InChI=1S/C14H18N2O6S2/c15-10(13(19)20)6-23-24-7-11(14(21)22)16-4-3-8-5-9(17)1-2-12(8)18/h1-2,4-5,10-11,17-18H,3,6-7,15H2,(H,19,20)(H,21,22)/t10-,11-/m0/s1. The SMILES string of the molecule is N[C@@H](CSSC[C@H](N=CCc1cc(O)ccc1O)C(=O)O)C(=O)O. The summed E-state index contributed by atoms with van der Waals surface area (Å²) in [7, 11) is 2.35. The summed E-state index contributed by atoms with van der Waals surface area (Å²) in [5, 5.41) is 36.7. The van der Waals surface area contributed by atoms with Gasteiger partial charge in [-0.1, -0.05) is 21.6 Å². The molecule has 0 fully saturated rings. The van der Waals surface area contributed by atoms with Gasteiger partial charge in [0.25, 0.3) is 0 Å². The van der Waals surface area contributed by atoms with E-state index in [0.29, 0.717) is 5.56 Å². The molecule has 0 aliphatic carbocycles. The Hall–Kier alpha value is -1.91. The van der Waals surface area contributed by atoms with Gasteiger partial charge in [-0.25, -0.2) is 4.79 Å². The van der Waals surface area contributed by atoms with Crippen molar-refractivity contribution in [2.24, 2.45) is 10.7 Å². The molecule has 0 saturated heterocycles. The molecule has 8 nitrogen and oxygen atoms in total. The number of hydrogen-bond acceptors (Lipinski definition) is 8. The molecule has 0 heterocycles. The van der Waals surface area contributed by atoms with Crippen LogP contribution in [0, 0.1) is 0 Å². The summed E-state index contributed by atoms with van der Waals surface area (Å²) in [4.78, 5) is 25.7. The number of hydrogen-bond donors (Lipinski definition) is 5. The number of aromatic hydroxyl groups is 2. The summed E-state index contributed by atoms with van der Waals surface area (Å²) in [6.07, 6.45) is 1.53. The van der Waals surface area contributed by atoms with E-state index in [4.69, 9.17) is 15.9 Å². The molecule has 1 aromatic carbocycles. The number of carboxylic acid groups (broad SMARTS) is 2. The molecular weight excluding hydrogens is 356 g/mol. The maximum atomic E-state index is 11.2. The molecule has 2 atom stereocenters. The highest BCUT2D eigenvalue weighted by molar-refractivity contribution is 8.76. The Morgan fingerprint density at radius 1 is 1.17 bits per heavy atom. The van der Waals surface area contributed by atoms with Gasteiger partial charge in [-0.2, -0.15) is 0 Å². The number of nitrogens with two attached hydrogens (primary N) is 1. The highest BCUT2D eigenvalue weighted by atomic mass is 33.1. The van der Waals surface area contributed by atoms with Gasteiger partial charge in [0.1, 0.15) is 17.5 Å². The number of benzene rings is 1. The van der Waals surface area contributed by atoms with Crippen LogP contribution in [0.4, 0.5) is 0 Å². The average Bonchev–Trinajstić information content (AvgIpc) is 2.52. The summed E-state index contributed by atoms with van der Waals surface area (Å²) in [5.41, 5.74) is 5.77. The van der Waals surface area contributed by atoms with Crippen molar-refractivity contribution in [3.63, 3.8) is 0 Å². The summed E-state index contributed by atoms with van der Waals surface area (Å²) < 4.78 is 0. The van der Waals surface area contributed by atoms with Crippen LogP contribution in [0.25, 0.3) is 0 Å². The van der Waals surface area contributed by atoms with Crippen molar-refractivity contribution >= 4 is 39.7 Å². The van der Waals surface area contributed by atoms with Crippen LogP contribution in [-0.4, -0.2) is 62.2 Å². The van der Waals surface area contributed by atoms with Crippen molar-refractivity contribution in [3.8, 4) is 11.5 Å². The molecule has 24 heavy (non-hydrogen) atoms. The first kappa shape index (κ1) is 20.1. The van der Waals surface area contributed by atoms with E-state index in [0.717, 1.165) is 0 Å². The third kappa shape index (κ3) is 7.11. The Balaban J connectivity index is 2.49. The average molecular weight is 374 g/mol. The zero-order valence-electron chi connectivity index (χ0n) is 12.5. The second-order valence-corrected chi connectivity index (χ2v) is 7.27. The first-order valence-electron chi connectivity index (χ1n) is 6.79. The van der Waals surface area contributed by atoms with Crippen molar-refractivity contribution in [3.05, 3.63) is 23.8 Å². The molecule has 0 unspecified atom stereocenters. The Labute approximate surface area is 146 Å². The van der Waals surface area contributed by atoms with Crippen molar-refractivity contribution < 1.29 is 30.0 Å². The molecule has 0 aromatic heterocycles. The van der Waals surface area contributed by atoms with E-state index in [1.165, 1.54) is 46.0 Å². The van der Waals surface area contributed by atoms with Gasteiger partial charge in [-0.05, 0) is 18.2 Å². The van der Waals surface area contributed by atoms with Crippen molar-refractivity contribution in [1.82, 2.24) is 0 Å². The van der Waals surface area contributed by atoms with Crippen LogP contribution in [0.3, 0.4) is 0 Å². The van der Waals surface area contributed by atoms with Crippen LogP contribution >= 0.6 is 21.6 Å².